The highest BCUT2D eigenvalue weighted by Crippen LogP contribution is 2.35. The van der Waals surface area contributed by atoms with Crippen molar-refractivity contribution in [3.63, 3.8) is 0 Å². The summed E-state index contributed by atoms with van der Waals surface area (Å²) in [5, 5.41) is 13.3. The van der Waals surface area contributed by atoms with Gasteiger partial charge in [0.2, 0.25) is 5.89 Å². The number of carbonyl (C=O) groups excluding carboxylic acids is 1. The van der Waals surface area contributed by atoms with Crippen LogP contribution in [0, 0.1) is 0 Å². The predicted molar refractivity (Wildman–Crippen MR) is 108 cm³/mol. The van der Waals surface area contributed by atoms with Crippen molar-refractivity contribution >= 4 is 23.0 Å². The van der Waals surface area contributed by atoms with Gasteiger partial charge < -0.3 is 14.3 Å². The van der Waals surface area contributed by atoms with E-state index < -0.39 is 6.04 Å². The van der Waals surface area contributed by atoms with E-state index in [1.54, 1.807) is 21.8 Å². The second-order valence-corrected chi connectivity index (χ2v) is 8.74. The Morgan fingerprint density at radius 3 is 2.90 bits per heavy atom. The van der Waals surface area contributed by atoms with Gasteiger partial charge in [-0.05, 0) is 18.2 Å². The Labute approximate surface area is 177 Å². The third-order valence-electron chi connectivity index (χ3n) is 5.18. The van der Waals surface area contributed by atoms with Gasteiger partial charge in [-0.2, -0.15) is 5.10 Å². The third kappa shape index (κ3) is 2.97. The Bertz CT molecular complexity index is 1250. The lowest BCUT2D eigenvalue weighted by Crippen LogP contribution is -2.41. The van der Waals surface area contributed by atoms with Crippen molar-refractivity contribution in [2.45, 2.75) is 38.6 Å². The van der Waals surface area contributed by atoms with Crippen molar-refractivity contribution in [2.75, 3.05) is 6.54 Å². The number of carbonyl (C=O) groups is 1. The van der Waals surface area contributed by atoms with Gasteiger partial charge in [0.15, 0.2) is 0 Å². The molecule has 1 unspecified atom stereocenters. The lowest BCUT2D eigenvalue weighted by atomic mass is 9.97. The van der Waals surface area contributed by atoms with Crippen molar-refractivity contribution in [2.24, 2.45) is 0 Å². The van der Waals surface area contributed by atoms with Crippen LogP contribution >= 0.6 is 11.6 Å². The Morgan fingerprint density at radius 2 is 2.17 bits per heavy atom. The van der Waals surface area contributed by atoms with E-state index in [2.05, 4.69) is 25.3 Å². The van der Waals surface area contributed by atoms with Gasteiger partial charge in [-0.3, -0.25) is 4.79 Å². The zero-order chi connectivity index (χ0) is 21.0. The van der Waals surface area contributed by atoms with Crippen LogP contribution in [0.2, 0.25) is 5.02 Å². The molecule has 4 aromatic rings. The number of H-pyrrole nitrogens is 1. The van der Waals surface area contributed by atoms with Crippen LogP contribution in [-0.4, -0.2) is 47.1 Å². The molecular formula is C20H20ClN7O2. The number of fused-ring (bicyclic) bond motifs is 2. The molecule has 0 radical (unpaired) electrons. The molecule has 0 spiro atoms. The molecule has 1 aliphatic rings. The molecular weight excluding hydrogens is 406 g/mol. The van der Waals surface area contributed by atoms with Gasteiger partial charge in [-0.15, -0.1) is 10.2 Å². The molecule has 1 N–H and O–H groups in total. The largest absolute Gasteiger partial charge is 0.416 e. The molecule has 5 heterocycles. The number of aromatic amines is 1. The molecule has 0 bridgehead atoms. The number of aromatic nitrogens is 6. The van der Waals surface area contributed by atoms with E-state index in [4.69, 9.17) is 16.0 Å². The first kappa shape index (κ1) is 18.8. The summed E-state index contributed by atoms with van der Waals surface area (Å²) in [5.74, 6) is 0.0323. The molecule has 4 aromatic heterocycles. The maximum atomic E-state index is 13.4. The average Bonchev–Trinajstić information content (AvgIpc) is 3.44. The first-order valence-corrected chi connectivity index (χ1v) is 10.0. The van der Waals surface area contributed by atoms with Crippen LogP contribution in [0.15, 0.2) is 35.1 Å². The van der Waals surface area contributed by atoms with Crippen LogP contribution in [0.1, 0.15) is 60.5 Å². The number of rotatable bonds is 2. The van der Waals surface area contributed by atoms with E-state index in [9.17, 15) is 4.79 Å². The van der Waals surface area contributed by atoms with Gasteiger partial charge in [0.25, 0.3) is 0 Å². The highest BCUT2D eigenvalue weighted by atomic mass is 35.5. The Morgan fingerprint density at radius 1 is 1.33 bits per heavy atom. The fraction of sp³-hybridized carbons (Fsp3) is 0.350. The molecule has 30 heavy (non-hydrogen) atoms. The third-order valence-corrected chi connectivity index (χ3v) is 5.50. The van der Waals surface area contributed by atoms with Gasteiger partial charge in [-0.25, -0.2) is 9.50 Å². The topological polar surface area (TPSA) is 105 Å². The van der Waals surface area contributed by atoms with Gasteiger partial charge in [-0.1, -0.05) is 32.4 Å². The highest BCUT2D eigenvalue weighted by Gasteiger charge is 2.38. The van der Waals surface area contributed by atoms with Gasteiger partial charge >= 0.3 is 11.8 Å². The highest BCUT2D eigenvalue weighted by molar-refractivity contribution is 6.33. The Kier molecular flexibility index (Phi) is 4.18. The van der Waals surface area contributed by atoms with Crippen molar-refractivity contribution in [3.8, 4) is 0 Å². The molecule has 10 heteroatoms. The zero-order valence-electron chi connectivity index (χ0n) is 16.8. The quantitative estimate of drug-likeness (QED) is 0.528. The predicted octanol–water partition coefficient (Wildman–Crippen LogP) is 3.18. The molecule has 0 aliphatic carbocycles. The molecule has 0 aromatic carbocycles. The van der Waals surface area contributed by atoms with Crippen LogP contribution in [0.5, 0.6) is 0 Å². The van der Waals surface area contributed by atoms with E-state index in [0.29, 0.717) is 29.6 Å². The zero-order valence-corrected chi connectivity index (χ0v) is 17.5. The summed E-state index contributed by atoms with van der Waals surface area (Å²) in [5.41, 5.74) is 2.82. The second kappa shape index (κ2) is 6.66. The Balaban J connectivity index is 1.59. The summed E-state index contributed by atoms with van der Waals surface area (Å²) in [7, 11) is 0. The molecule has 0 fully saturated rings. The summed E-state index contributed by atoms with van der Waals surface area (Å²) < 4.78 is 7.41. The first-order valence-electron chi connectivity index (χ1n) is 9.64. The normalized spacial score (nSPS) is 16.8. The molecule has 9 nitrogen and oxygen atoms in total. The van der Waals surface area contributed by atoms with Crippen LogP contribution in [-0.2, 0) is 11.8 Å². The van der Waals surface area contributed by atoms with Crippen LogP contribution < -0.4 is 0 Å². The van der Waals surface area contributed by atoms with Crippen molar-refractivity contribution in [3.05, 3.63) is 64.6 Å². The average molecular weight is 426 g/mol. The molecule has 5 rings (SSSR count). The summed E-state index contributed by atoms with van der Waals surface area (Å²) in [6.07, 6.45) is 4.10. The minimum atomic E-state index is -0.492. The maximum Gasteiger partial charge on any atom is 0.312 e. The summed E-state index contributed by atoms with van der Waals surface area (Å²) in [6, 6.07) is 5.01. The summed E-state index contributed by atoms with van der Waals surface area (Å²) in [6.45, 7) is 6.33. The molecule has 0 saturated carbocycles. The maximum absolute atomic E-state index is 13.4. The monoisotopic (exact) mass is 425 g/mol. The number of pyridine rings is 1. The lowest BCUT2D eigenvalue weighted by Gasteiger charge is -2.32. The van der Waals surface area contributed by atoms with Crippen molar-refractivity contribution in [1.82, 2.24) is 34.7 Å². The molecule has 1 amide bonds. The molecule has 1 atom stereocenters. The SMILES string of the molecule is CC(C)(C)c1nnc(C(=O)N2CCc3[nH]cnc3C2c2cc3c(Cl)cccn3n2)o1. The smallest absolute Gasteiger partial charge is 0.312 e. The number of amides is 1. The number of nitrogens with one attached hydrogen (secondary N) is 1. The standard InChI is InChI=1S/C20H20ClN7O2/c1-20(2,3)19-25-24-17(30-19)18(29)27-8-6-12-15(23-10-22-12)16(27)13-9-14-11(21)5-4-7-28(14)26-13/h4-5,7,9-10,16H,6,8H2,1-3H3,(H,22,23). The fourth-order valence-corrected chi connectivity index (χ4v) is 3.88. The number of imidazole rings is 1. The van der Waals surface area contributed by atoms with Crippen molar-refractivity contribution < 1.29 is 9.21 Å². The van der Waals surface area contributed by atoms with Gasteiger partial charge in [0, 0.05) is 30.3 Å². The van der Waals surface area contributed by atoms with E-state index in [-0.39, 0.29) is 17.2 Å². The summed E-state index contributed by atoms with van der Waals surface area (Å²) >= 11 is 6.33. The van der Waals surface area contributed by atoms with Gasteiger partial charge in [0.1, 0.15) is 6.04 Å². The van der Waals surface area contributed by atoms with E-state index >= 15 is 0 Å². The van der Waals surface area contributed by atoms with E-state index in [1.807, 2.05) is 39.1 Å². The lowest BCUT2D eigenvalue weighted by molar-refractivity contribution is 0.0642. The number of nitrogens with zero attached hydrogens (tertiary/aromatic N) is 6. The van der Waals surface area contributed by atoms with Crippen molar-refractivity contribution in [1.29, 1.82) is 0 Å². The van der Waals surface area contributed by atoms with Gasteiger partial charge in [0.05, 0.1) is 28.3 Å². The van der Waals surface area contributed by atoms with E-state index in [0.717, 1.165) is 16.9 Å². The molecule has 1 aliphatic heterocycles. The summed E-state index contributed by atoms with van der Waals surface area (Å²) in [4.78, 5) is 22.7. The first-order chi connectivity index (χ1) is 14.3. The fourth-order valence-electron chi connectivity index (χ4n) is 3.66. The minimum absolute atomic E-state index is 0.0364. The van der Waals surface area contributed by atoms with E-state index in [1.165, 1.54) is 0 Å². The second-order valence-electron chi connectivity index (χ2n) is 8.33. The number of hydrogen-bond donors (Lipinski definition) is 1. The molecule has 0 saturated heterocycles. The Hall–Kier alpha value is -3.20. The number of hydrogen-bond acceptors (Lipinski definition) is 6. The number of halogens is 1. The van der Waals surface area contributed by atoms with Crippen LogP contribution in [0.3, 0.4) is 0 Å². The minimum Gasteiger partial charge on any atom is -0.416 e. The van der Waals surface area contributed by atoms with Crippen LogP contribution in [0.4, 0.5) is 0 Å². The van der Waals surface area contributed by atoms with Crippen LogP contribution in [0.25, 0.3) is 5.52 Å². The molecule has 154 valence electrons.